The molecule has 2 atom stereocenters. The number of imidazole rings is 1. The van der Waals surface area contributed by atoms with Crippen molar-refractivity contribution in [2.45, 2.75) is 25.1 Å². The lowest BCUT2D eigenvalue weighted by Crippen LogP contribution is -2.46. The Labute approximate surface area is 145 Å². The van der Waals surface area contributed by atoms with E-state index in [0.717, 1.165) is 42.9 Å². The van der Waals surface area contributed by atoms with Crippen LogP contribution < -0.4 is 21.2 Å². The summed E-state index contributed by atoms with van der Waals surface area (Å²) in [6.07, 6.45) is 0.0616. The molecule has 8 heteroatoms. The largest absolute Gasteiger partial charge is 0.374 e. The van der Waals surface area contributed by atoms with Gasteiger partial charge in [0.25, 0.3) is 0 Å². The quantitative estimate of drug-likeness (QED) is 0.684. The number of para-hydroxylation sites is 1. The first-order valence-corrected chi connectivity index (χ1v) is 8.72. The number of nitrogens with one attached hydrogen (secondary N) is 2. The Kier molecular flexibility index (Phi) is 4.01. The summed E-state index contributed by atoms with van der Waals surface area (Å²) in [5.74, 6) is -0.305. The molecule has 25 heavy (non-hydrogen) atoms. The molecule has 2 unspecified atom stereocenters. The fraction of sp³-hybridized carbons (Fsp3) is 0.529. The number of aliphatic hydroxyl groups excluding tert-OH is 1. The number of aliphatic hydroxyl groups is 1. The van der Waals surface area contributed by atoms with Crippen LogP contribution in [-0.4, -0.2) is 52.6 Å². The van der Waals surface area contributed by atoms with E-state index in [-0.39, 0.29) is 11.6 Å². The summed E-state index contributed by atoms with van der Waals surface area (Å²) in [4.78, 5) is 27.5. The standard InChI is InChI=1S/C17H23N5O3/c1-20-15-11(21-9-7-18-8-10-21)3-2-4-12(15)22(17(20)25)13-5-6-14(23)19-16(13)24/h2-4,13-14,18,23H,5-10H2,1H3,(H,19,24). The van der Waals surface area contributed by atoms with Crippen molar-refractivity contribution < 1.29 is 9.90 Å². The van der Waals surface area contributed by atoms with E-state index >= 15 is 0 Å². The average Bonchev–Trinajstić information content (AvgIpc) is 2.87. The second-order valence-corrected chi connectivity index (χ2v) is 6.71. The zero-order chi connectivity index (χ0) is 17.6. The fourth-order valence-corrected chi connectivity index (χ4v) is 3.91. The third-order valence-electron chi connectivity index (χ3n) is 5.18. The fourth-order valence-electron chi connectivity index (χ4n) is 3.91. The highest BCUT2D eigenvalue weighted by molar-refractivity contribution is 5.91. The molecule has 2 fully saturated rings. The van der Waals surface area contributed by atoms with E-state index < -0.39 is 12.3 Å². The minimum atomic E-state index is -0.828. The summed E-state index contributed by atoms with van der Waals surface area (Å²) >= 11 is 0. The van der Waals surface area contributed by atoms with E-state index in [0.29, 0.717) is 12.8 Å². The van der Waals surface area contributed by atoms with E-state index in [1.807, 2.05) is 18.2 Å². The number of amides is 1. The molecule has 0 saturated carbocycles. The molecule has 0 radical (unpaired) electrons. The Bertz CT molecular complexity index is 865. The Morgan fingerprint density at radius 2 is 1.92 bits per heavy atom. The van der Waals surface area contributed by atoms with Crippen LogP contribution in [-0.2, 0) is 11.8 Å². The number of aromatic nitrogens is 2. The molecule has 1 amide bonds. The maximum atomic E-state index is 12.9. The Balaban J connectivity index is 1.85. The summed E-state index contributed by atoms with van der Waals surface area (Å²) in [5, 5.41) is 15.5. The van der Waals surface area contributed by atoms with Crippen LogP contribution >= 0.6 is 0 Å². The number of piperazine rings is 1. The molecule has 0 spiro atoms. The van der Waals surface area contributed by atoms with Gasteiger partial charge in [0.2, 0.25) is 5.91 Å². The van der Waals surface area contributed by atoms with Gasteiger partial charge in [0.05, 0.1) is 16.7 Å². The van der Waals surface area contributed by atoms with Crippen molar-refractivity contribution in [3.05, 3.63) is 28.7 Å². The van der Waals surface area contributed by atoms with Crippen molar-refractivity contribution in [1.29, 1.82) is 0 Å². The first-order valence-electron chi connectivity index (χ1n) is 8.72. The van der Waals surface area contributed by atoms with Crippen molar-refractivity contribution >= 4 is 22.6 Å². The van der Waals surface area contributed by atoms with Crippen molar-refractivity contribution in [3.63, 3.8) is 0 Å². The second kappa shape index (κ2) is 6.20. The number of rotatable bonds is 2. The highest BCUT2D eigenvalue weighted by atomic mass is 16.3. The van der Waals surface area contributed by atoms with E-state index in [9.17, 15) is 14.7 Å². The Hall–Kier alpha value is -2.32. The molecule has 0 aliphatic carbocycles. The number of nitrogens with zero attached hydrogens (tertiary/aromatic N) is 3. The van der Waals surface area contributed by atoms with Crippen LogP contribution in [0, 0.1) is 0 Å². The van der Waals surface area contributed by atoms with Crippen LogP contribution in [0.3, 0.4) is 0 Å². The monoisotopic (exact) mass is 345 g/mol. The maximum Gasteiger partial charge on any atom is 0.329 e. The molecule has 2 aliphatic heterocycles. The number of aryl methyl sites for hydroxylation is 1. The molecule has 1 aromatic carbocycles. The topological polar surface area (TPSA) is 91.5 Å². The highest BCUT2D eigenvalue weighted by Crippen LogP contribution is 2.30. The van der Waals surface area contributed by atoms with Crippen LogP contribution in [0.4, 0.5) is 5.69 Å². The minimum absolute atomic E-state index is 0.200. The number of hydrogen-bond donors (Lipinski definition) is 3. The third kappa shape index (κ3) is 2.61. The molecule has 0 bridgehead atoms. The molecule has 2 aromatic rings. The van der Waals surface area contributed by atoms with Gasteiger partial charge in [0.15, 0.2) is 0 Å². The first-order chi connectivity index (χ1) is 12.1. The highest BCUT2D eigenvalue weighted by Gasteiger charge is 2.32. The van der Waals surface area contributed by atoms with Crippen LogP contribution in [0.1, 0.15) is 18.9 Å². The lowest BCUT2D eigenvalue weighted by molar-refractivity contribution is -0.130. The SMILES string of the molecule is Cn1c(=O)n(C2CCC(O)NC2=O)c2cccc(N3CCNCC3)c21. The van der Waals surface area contributed by atoms with Gasteiger partial charge < -0.3 is 20.6 Å². The van der Waals surface area contributed by atoms with Gasteiger partial charge in [-0.2, -0.15) is 0 Å². The van der Waals surface area contributed by atoms with Crippen LogP contribution in [0.25, 0.3) is 11.0 Å². The molecular formula is C17H23N5O3. The lowest BCUT2D eigenvalue weighted by Gasteiger charge is -2.30. The van der Waals surface area contributed by atoms with E-state index in [1.54, 1.807) is 16.2 Å². The van der Waals surface area contributed by atoms with Crippen LogP contribution in [0.2, 0.25) is 0 Å². The smallest absolute Gasteiger partial charge is 0.329 e. The predicted molar refractivity (Wildman–Crippen MR) is 94.7 cm³/mol. The molecule has 1 aromatic heterocycles. The lowest BCUT2D eigenvalue weighted by atomic mass is 10.0. The van der Waals surface area contributed by atoms with Crippen molar-refractivity contribution in [2.75, 3.05) is 31.1 Å². The van der Waals surface area contributed by atoms with Gasteiger partial charge in [-0.05, 0) is 25.0 Å². The summed E-state index contributed by atoms with van der Waals surface area (Å²) < 4.78 is 3.20. The van der Waals surface area contributed by atoms with E-state index in [4.69, 9.17) is 0 Å². The molecule has 2 saturated heterocycles. The zero-order valence-electron chi connectivity index (χ0n) is 14.2. The summed E-state index contributed by atoms with van der Waals surface area (Å²) in [5.41, 5.74) is 2.44. The molecule has 3 N–H and O–H groups in total. The average molecular weight is 345 g/mol. The van der Waals surface area contributed by atoms with Crippen molar-refractivity contribution in [1.82, 2.24) is 19.8 Å². The first kappa shape index (κ1) is 16.2. The van der Waals surface area contributed by atoms with Gasteiger partial charge in [-0.3, -0.25) is 13.9 Å². The summed E-state index contributed by atoms with van der Waals surface area (Å²) in [6.45, 7) is 3.59. The summed E-state index contributed by atoms with van der Waals surface area (Å²) in [6, 6.07) is 5.27. The minimum Gasteiger partial charge on any atom is -0.374 e. The number of carbonyl (C=O) groups excluding carboxylic acids is 1. The van der Waals surface area contributed by atoms with Gasteiger partial charge >= 0.3 is 5.69 Å². The number of piperidine rings is 1. The number of hydrogen-bond acceptors (Lipinski definition) is 5. The second-order valence-electron chi connectivity index (χ2n) is 6.71. The maximum absolute atomic E-state index is 12.9. The molecule has 2 aliphatic rings. The Morgan fingerprint density at radius 3 is 2.64 bits per heavy atom. The molecule has 8 nitrogen and oxygen atoms in total. The van der Waals surface area contributed by atoms with Crippen LogP contribution in [0.5, 0.6) is 0 Å². The van der Waals surface area contributed by atoms with E-state index in [2.05, 4.69) is 15.5 Å². The van der Waals surface area contributed by atoms with Gasteiger partial charge in [-0.15, -0.1) is 0 Å². The van der Waals surface area contributed by atoms with Crippen molar-refractivity contribution in [2.24, 2.45) is 7.05 Å². The normalized spacial score (nSPS) is 24.6. The number of benzene rings is 1. The molecule has 4 rings (SSSR count). The number of carbonyl (C=O) groups is 1. The van der Waals surface area contributed by atoms with E-state index in [1.165, 1.54) is 0 Å². The number of fused-ring (bicyclic) bond motifs is 1. The predicted octanol–water partition coefficient (Wildman–Crippen LogP) is -0.481. The van der Waals surface area contributed by atoms with Crippen molar-refractivity contribution in [3.8, 4) is 0 Å². The van der Waals surface area contributed by atoms with Gasteiger partial charge in [0.1, 0.15) is 12.3 Å². The molecular weight excluding hydrogens is 322 g/mol. The molecule has 3 heterocycles. The van der Waals surface area contributed by atoms with Gasteiger partial charge in [0, 0.05) is 33.2 Å². The molecule has 134 valence electrons. The number of anilines is 1. The summed E-state index contributed by atoms with van der Waals surface area (Å²) in [7, 11) is 1.75. The zero-order valence-corrected chi connectivity index (χ0v) is 14.2. The van der Waals surface area contributed by atoms with Crippen LogP contribution in [0.15, 0.2) is 23.0 Å². The third-order valence-corrected chi connectivity index (χ3v) is 5.18. The Morgan fingerprint density at radius 1 is 1.16 bits per heavy atom. The van der Waals surface area contributed by atoms with Gasteiger partial charge in [-0.1, -0.05) is 6.07 Å². The van der Waals surface area contributed by atoms with Gasteiger partial charge in [-0.25, -0.2) is 4.79 Å².